The van der Waals surface area contributed by atoms with Crippen LogP contribution in [0.2, 0.25) is 18.1 Å². The van der Waals surface area contributed by atoms with Crippen LogP contribution >= 0.6 is 0 Å². The molecular formula is C25H37N5O4Si. The quantitative estimate of drug-likeness (QED) is 0.445. The van der Waals surface area contributed by atoms with Crippen molar-refractivity contribution in [2.45, 2.75) is 77.3 Å². The summed E-state index contributed by atoms with van der Waals surface area (Å²) in [4.78, 5) is 23.6. The van der Waals surface area contributed by atoms with E-state index >= 15 is 0 Å². The lowest BCUT2D eigenvalue weighted by Crippen LogP contribution is -2.47. The number of rotatable bonds is 8. The number of anilines is 1. The van der Waals surface area contributed by atoms with Gasteiger partial charge in [0.15, 0.2) is 25.7 Å². The summed E-state index contributed by atoms with van der Waals surface area (Å²) in [5.41, 5.74) is 7.22. The maximum atomic E-state index is 12.4. The molecular weight excluding hydrogens is 462 g/mol. The molecule has 0 aliphatic carbocycles. The van der Waals surface area contributed by atoms with Gasteiger partial charge in [0.05, 0.1) is 31.7 Å². The van der Waals surface area contributed by atoms with Gasteiger partial charge in [-0.15, -0.1) is 0 Å². The Morgan fingerprint density at radius 2 is 1.94 bits per heavy atom. The van der Waals surface area contributed by atoms with E-state index in [1.54, 1.807) is 10.9 Å². The lowest BCUT2D eigenvalue weighted by molar-refractivity contribution is -0.0323. The van der Waals surface area contributed by atoms with E-state index in [1.165, 1.54) is 0 Å². The fourth-order valence-corrected chi connectivity index (χ4v) is 5.61. The molecule has 0 unspecified atom stereocenters. The van der Waals surface area contributed by atoms with Gasteiger partial charge in [-0.1, -0.05) is 58.0 Å². The summed E-state index contributed by atoms with van der Waals surface area (Å²) in [5.74, 6) is 0.0403. The molecule has 4 atom stereocenters. The van der Waals surface area contributed by atoms with Gasteiger partial charge >= 0.3 is 0 Å². The Hall–Kier alpha value is -2.53. The van der Waals surface area contributed by atoms with Crippen molar-refractivity contribution in [1.29, 1.82) is 0 Å². The van der Waals surface area contributed by atoms with Crippen molar-refractivity contribution in [3.63, 3.8) is 0 Å². The van der Waals surface area contributed by atoms with Crippen molar-refractivity contribution in [3.05, 3.63) is 52.6 Å². The highest BCUT2D eigenvalue weighted by Crippen LogP contribution is 2.45. The van der Waals surface area contributed by atoms with Gasteiger partial charge in [0.2, 0.25) is 5.95 Å². The Bertz CT molecular complexity index is 1200. The van der Waals surface area contributed by atoms with Gasteiger partial charge in [-0.3, -0.25) is 14.3 Å². The second kappa shape index (κ2) is 9.85. The molecule has 1 fully saturated rings. The first kappa shape index (κ1) is 25.6. The van der Waals surface area contributed by atoms with Crippen molar-refractivity contribution >= 4 is 25.4 Å². The monoisotopic (exact) mass is 499 g/mol. The molecule has 3 N–H and O–H groups in total. The molecule has 0 spiro atoms. The lowest BCUT2D eigenvalue weighted by Gasteiger charge is -2.40. The molecule has 1 saturated heterocycles. The smallest absolute Gasteiger partial charge is 0.280 e. The maximum Gasteiger partial charge on any atom is 0.280 e. The third kappa shape index (κ3) is 5.20. The van der Waals surface area contributed by atoms with Crippen molar-refractivity contribution in [3.8, 4) is 0 Å². The second-order valence-corrected chi connectivity index (χ2v) is 15.5. The van der Waals surface area contributed by atoms with E-state index in [0.29, 0.717) is 18.9 Å². The fourth-order valence-electron chi connectivity index (χ4n) is 4.28. The number of nitrogens with one attached hydrogen (secondary N) is 1. The predicted molar refractivity (Wildman–Crippen MR) is 138 cm³/mol. The van der Waals surface area contributed by atoms with Crippen LogP contribution in [0.15, 0.2) is 41.5 Å². The molecule has 1 aliphatic heterocycles. The number of fused-ring (bicyclic) bond motifs is 1. The topological polar surface area (TPSA) is 117 Å². The SMILES string of the molecule is CC[C@H]1O[C@@H](n2cnc3c(=O)[nH]c(N)nc32)[C@H](O[Si](C)(C)C(C)(C)C)[C@@H]1COCc1ccccc1. The highest BCUT2D eigenvalue weighted by atomic mass is 28.4. The Kier molecular flexibility index (Phi) is 7.19. The van der Waals surface area contributed by atoms with E-state index in [-0.39, 0.29) is 40.2 Å². The molecule has 0 radical (unpaired) electrons. The third-order valence-electron chi connectivity index (χ3n) is 7.28. The van der Waals surface area contributed by atoms with Crippen LogP contribution in [-0.2, 0) is 20.5 Å². The van der Waals surface area contributed by atoms with Crippen LogP contribution in [0.1, 0.15) is 45.9 Å². The number of nitrogens with two attached hydrogens (primary N) is 1. The van der Waals surface area contributed by atoms with Crippen LogP contribution in [0.5, 0.6) is 0 Å². The minimum Gasteiger partial charge on any atom is -0.409 e. The van der Waals surface area contributed by atoms with Crippen molar-refractivity contribution in [2.24, 2.45) is 5.92 Å². The van der Waals surface area contributed by atoms with E-state index in [1.807, 2.05) is 18.2 Å². The number of hydrogen-bond acceptors (Lipinski definition) is 7. The normalized spacial score (nSPS) is 23.3. The van der Waals surface area contributed by atoms with E-state index in [9.17, 15) is 4.79 Å². The number of imidazole rings is 1. The fraction of sp³-hybridized carbons (Fsp3) is 0.560. The summed E-state index contributed by atoms with van der Waals surface area (Å²) in [6.07, 6.45) is 1.52. The third-order valence-corrected chi connectivity index (χ3v) is 11.8. The van der Waals surface area contributed by atoms with Crippen LogP contribution in [0.4, 0.5) is 5.95 Å². The highest BCUT2D eigenvalue weighted by Gasteiger charge is 2.50. The van der Waals surface area contributed by atoms with Gasteiger partial charge in [-0.25, -0.2) is 4.98 Å². The molecule has 0 saturated carbocycles. The molecule has 0 amide bonds. The first-order chi connectivity index (χ1) is 16.5. The van der Waals surface area contributed by atoms with Gasteiger partial charge in [-0.2, -0.15) is 4.98 Å². The number of H-pyrrole nitrogens is 1. The van der Waals surface area contributed by atoms with Crippen molar-refractivity contribution in [2.75, 3.05) is 12.3 Å². The number of aromatic nitrogens is 4. The Morgan fingerprint density at radius 1 is 1.23 bits per heavy atom. The number of benzene rings is 1. The summed E-state index contributed by atoms with van der Waals surface area (Å²) < 4.78 is 21.6. The maximum absolute atomic E-state index is 12.4. The number of aromatic amines is 1. The standard InChI is InChI=1S/C25H37N5O4Si/c1-7-18-17(14-32-13-16-11-9-8-10-12-16)20(34-35(5,6)25(2,3)4)23(33-18)30-15-27-19-21(30)28-24(26)29-22(19)31/h8-12,15,17-18,20,23H,7,13-14H2,1-6H3,(H3,26,28,29,31)/t17-,18-,20-,23-/m1/s1. The molecule has 1 aliphatic rings. The van der Waals surface area contributed by atoms with E-state index < -0.39 is 14.5 Å². The van der Waals surface area contributed by atoms with Gasteiger partial charge in [-0.05, 0) is 30.1 Å². The molecule has 2 aromatic heterocycles. The molecule has 3 aromatic rings. The van der Waals surface area contributed by atoms with Crippen LogP contribution in [-0.4, -0.2) is 46.7 Å². The Balaban J connectivity index is 1.69. The van der Waals surface area contributed by atoms with Gasteiger partial charge in [0.25, 0.3) is 5.56 Å². The highest BCUT2D eigenvalue weighted by molar-refractivity contribution is 6.74. The first-order valence-electron chi connectivity index (χ1n) is 12.2. The summed E-state index contributed by atoms with van der Waals surface area (Å²) in [7, 11) is -2.18. The van der Waals surface area contributed by atoms with E-state index in [4.69, 9.17) is 19.6 Å². The van der Waals surface area contributed by atoms with Gasteiger partial charge < -0.3 is 19.6 Å². The molecule has 0 bridgehead atoms. The van der Waals surface area contributed by atoms with Crippen LogP contribution in [0, 0.1) is 5.92 Å². The molecule has 10 heteroatoms. The predicted octanol–water partition coefficient (Wildman–Crippen LogP) is 4.23. The van der Waals surface area contributed by atoms with E-state index in [2.05, 4.69) is 67.9 Å². The number of ether oxygens (including phenoxy) is 2. The number of hydrogen-bond donors (Lipinski definition) is 2. The number of nitrogens with zero attached hydrogens (tertiary/aromatic N) is 3. The zero-order valence-corrected chi connectivity index (χ0v) is 22.4. The molecule has 4 rings (SSSR count). The summed E-state index contributed by atoms with van der Waals surface area (Å²) >= 11 is 0. The second-order valence-electron chi connectivity index (χ2n) is 10.8. The zero-order valence-electron chi connectivity index (χ0n) is 21.4. The van der Waals surface area contributed by atoms with Gasteiger partial charge in [0, 0.05) is 5.92 Å². The average molecular weight is 500 g/mol. The molecule has 35 heavy (non-hydrogen) atoms. The van der Waals surface area contributed by atoms with Crippen LogP contribution < -0.4 is 11.3 Å². The summed E-state index contributed by atoms with van der Waals surface area (Å²) in [5, 5.41) is 0.00806. The molecule has 190 valence electrons. The molecule has 9 nitrogen and oxygen atoms in total. The average Bonchev–Trinajstić information content (AvgIpc) is 3.35. The van der Waals surface area contributed by atoms with Gasteiger partial charge in [0.1, 0.15) is 0 Å². The first-order valence-corrected chi connectivity index (χ1v) is 15.1. The van der Waals surface area contributed by atoms with E-state index in [0.717, 1.165) is 12.0 Å². The van der Waals surface area contributed by atoms with Crippen LogP contribution in [0.3, 0.4) is 0 Å². The molecule has 3 heterocycles. The Morgan fingerprint density at radius 3 is 2.60 bits per heavy atom. The largest absolute Gasteiger partial charge is 0.409 e. The lowest BCUT2D eigenvalue weighted by atomic mass is 9.97. The van der Waals surface area contributed by atoms with Crippen molar-refractivity contribution < 1.29 is 13.9 Å². The number of nitrogen functional groups attached to an aromatic ring is 1. The minimum absolute atomic E-state index is 0.000342. The van der Waals surface area contributed by atoms with Crippen molar-refractivity contribution in [1.82, 2.24) is 19.5 Å². The zero-order chi connectivity index (χ0) is 25.4. The molecule has 1 aromatic carbocycles. The Labute approximate surface area is 207 Å². The summed E-state index contributed by atoms with van der Waals surface area (Å²) in [6, 6.07) is 10.1. The minimum atomic E-state index is -2.18. The summed E-state index contributed by atoms with van der Waals surface area (Å²) in [6.45, 7) is 14.2. The van der Waals surface area contributed by atoms with Crippen LogP contribution in [0.25, 0.3) is 11.2 Å².